The van der Waals surface area contributed by atoms with E-state index in [-0.39, 0.29) is 0 Å². The molecule has 3 rings (SSSR count). The number of thiophene rings is 1. The Balaban J connectivity index is 2.18. The van der Waals surface area contributed by atoms with Crippen LogP contribution in [0.15, 0.2) is 41.8 Å². The number of nitriles is 1. The van der Waals surface area contributed by atoms with E-state index in [9.17, 15) is 5.26 Å². The van der Waals surface area contributed by atoms with E-state index in [1.54, 1.807) is 11.3 Å². The van der Waals surface area contributed by atoms with Gasteiger partial charge in [0.1, 0.15) is 6.07 Å². The second kappa shape index (κ2) is 4.71. The van der Waals surface area contributed by atoms with Crippen LogP contribution in [0.5, 0.6) is 0 Å². The van der Waals surface area contributed by atoms with Crippen molar-refractivity contribution in [2.75, 3.05) is 0 Å². The van der Waals surface area contributed by atoms with Gasteiger partial charge in [-0.3, -0.25) is 0 Å². The van der Waals surface area contributed by atoms with Crippen LogP contribution >= 0.6 is 11.3 Å². The Morgan fingerprint density at radius 1 is 1.32 bits per heavy atom. The zero-order valence-electron chi connectivity index (χ0n) is 10.4. The molecule has 2 aromatic heterocycles. The maximum Gasteiger partial charge on any atom is 0.151 e. The van der Waals surface area contributed by atoms with Crippen molar-refractivity contribution >= 4 is 34.0 Å². The first-order valence-corrected chi connectivity index (χ1v) is 6.74. The average molecular weight is 265 g/mol. The highest BCUT2D eigenvalue weighted by Crippen LogP contribution is 2.23. The lowest BCUT2D eigenvalue weighted by molar-refractivity contribution is 0.925. The van der Waals surface area contributed by atoms with Gasteiger partial charge in [-0.05, 0) is 29.7 Å². The zero-order valence-corrected chi connectivity index (χ0v) is 11.2. The summed E-state index contributed by atoms with van der Waals surface area (Å²) in [5.74, 6) is 0.706. The molecule has 0 atom stereocenters. The van der Waals surface area contributed by atoms with Gasteiger partial charge in [-0.1, -0.05) is 18.2 Å². The number of para-hydroxylation sites is 2. The normalized spacial score (nSPS) is 11.7. The number of hydrogen-bond donors (Lipinski definition) is 0. The van der Waals surface area contributed by atoms with Crippen molar-refractivity contribution in [2.24, 2.45) is 7.05 Å². The zero-order chi connectivity index (χ0) is 13.2. The molecule has 3 aromatic rings. The molecule has 0 radical (unpaired) electrons. The molecule has 3 nitrogen and oxygen atoms in total. The summed E-state index contributed by atoms with van der Waals surface area (Å²) >= 11 is 1.61. The largest absolute Gasteiger partial charge is 0.327 e. The molecule has 0 aliphatic rings. The SMILES string of the molecule is Cn1c(C(C#N)=Cc2cccs2)nc2ccccc21. The molecular weight excluding hydrogens is 254 g/mol. The molecule has 0 unspecified atom stereocenters. The fourth-order valence-electron chi connectivity index (χ4n) is 2.05. The van der Waals surface area contributed by atoms with E-state index in [2.05, 4.69) is 11.1 Å². The summed E-state index contributed by atoms with van der Waals surface area (Å²) in [6.45, 7) is 0. The maximum absolute atomic E-state index is 9.36. The highest BCUT2D eigenvalue weighted by Gasteiger charge is 2.11. The van der Waals surface area contributed by atoms with E-state index in [0.29, 0.717) is 11.4 Å². The number of nitrogens with zero attached hydrogens (tertiary/aromatic N) is 3. The Labute approximate surface area is 115 Å². The van der Waals surface area contributed by atoms with Gasteiger partial charge < -0.3 is 4.57 Å². The predicted molar refractivity (Wildman–Crippen MR) is 78.5 cm³/mol. The van der Waals surface area contributed by atoms with E-state index in [1.165, 1.54) is 0 Å². The monoisotopic (exact) mass is 265 g/mol. The van der Waals surface area contributed by atoms with Gasteiger partial charge in [0.05, 0.1) is 16.6 Å². The van der Waals surface area contributed by atoms with Gasteiger partial charge in [0, 0.05) is 11.9 Å². The number of benzene rings is 1. The molecule has 19 heavy (non-hydrogen) atoms. The van der Waals surface area contributed by atoms with Crippen LogP contribution in [0.4, 0.5) is 0 Å². The molecule has 0 saturated carbocycles. The summed E-state index contributed by atoms with van der Waals surface area (Å²) in [5, 5.41) is 11.4. The minimum absolute atomic E-state index is 0.584. The van der Waals surface area contributed by atoms with E-state index in [4.69, 9.17) is 0 Å². The Kier molecular flexibility index (Phi) is 2.90. The van der Waals surface area contributed by atoms with Gasteiger partial charge in [-0.25, -0.2) is 4.98 Å². The predicted octanol–water partition coefficient (Wildman–Crippen LogP) is 3.70. The van der Waals surface area contributed by atoms with E-state index in [1.807, 2.05) is 59.5 Å². The molecule has 0 fully saturated rings. The molecular formula is C15H11N3S. The Morgan fingerprint density at radius 2 is 2.16 bits per heavy atom. The first-order chi connectivity index (χ1) is 9.29. The van der Waals surface area contributed by atoms with Gasteiger partial charge >= 0.3 is 0 Å². The highest BCUT2D eigenvalue weighted by molar-refractivity contribution is 7.10. The van der Waals surface area contributed by atoms with Crippen LogP contribution in [0, 0.1) is 11.3 Å². The van der Waals surface area contributed by atoms with Crippen LogP contribution in [0.2, 0.25) is 0 Å². The van der Waals surface area contributed by atoms with Crippen molar-refractivity contribution in [2.45, 2.75) is 0 Å². The summed E-state index contributed by atoms with van der Waals surface area (Å²) in [5.41, 5.74) is 2.53. The third-order valence-electron chi connectivity index (χ3n) is 2.98. The highest BCUT2D eigenvalue weighted by atomic mass is 32.1. The second-order valence-corrected chi connectivity index (χ2v) is 5.15. The second-order valence-electron chi connectivity index (χ2n) is 4.17. The number of imidazole rings is 1. The lowest BCUT2D eigenvalue weighted by Gasteiger charge is -1.99. The lowest BCUT2D eigenvalue weighted by Crippen LogP contribution is -1.95. The van der Waals surface area contributed by atoms with Gasteiger partial charge in [-0.15, -0.1) is 11.3 Å². The molecule has 0 N–H and O–H groups in total. The van der Waals surface area contributed by atoms with Crippen LogP contribution in [0.25, 0.3) is 22.7 Å². The van der Waals surface area contributed by atoms with Crippen molar-refractivity contribution in [3.8, 4) is 6.07 Å². The molecule has 92 valence electrons. The fourth-order valence-corrected chi connectivity index (χ4v) is 2.71. The van der Waals surface area contributed by atoms with Crippen molar-refractivity contribution in [3.05, 3.63) is 52.5 Å². The quantitative estimate of drug-likeness (QED) is 0.663. The van der Waals surface area contributed by atoms with E-state index >= 15 is 0 Å². The molecule has 4 heteroatoms. The first-order valence-electron chi connectivity index (χ1n) is 5.87. The minimum atomic E-state index is 0.584. The average Bonchev–Trinajstić information content (AvgIpc) is 3.05. The van der Waals surface area contributed by atoms with E-state index in [0.717, 1.165) is 15.9 Å². The van der Waals surface area contributed by atoms with Crippen LogP contribution in [-0.2, 0) is 7.05 Å². The van der Waals surface area contributed by atoms with Crippen molar-refractivity contribution in [3.63, 3.8) is 0 Å². The summed E-state index contributed by atoms with van der Waals surface area (Å²) in [7, 11) is 1.93. The van der Waals surface area contributed by atoms with Gasteiger partial charge in [0.15, 0.2) is 5.82 Å². The molecule has 1 aromatic carbocycles. The third kappa shape index (κ3) is 2.05. The molecule has 0 bridgehead atoms. The number of hydrogen-bond acceptors (Lipinski definition) is 3. The van der Waals surface area contributed by atoms with Crippen molar-refractivity contribution in [1.82, 2.24) is 9.55 Å². The number of allylic oxidation sites excluding steroid dienone is 1. The summed E-state index contributed by atoms with van der Waals surface area (Å²) in [6, 6.07) is 14.1. The van der Waals surface area contributed by atoms with Crippen LogP contribution in [0.3, 0.4) is 0 Å². The lowest BCUT2D eigenvalue weighted by atomic mass is 10.2. The van der Waals surface area contributed by atoms with Crippen molar-refractivity contribution in [1.29, 1.82) is 5.26 Å². The standard InChI is InChI=1S/C15H11N3S/c1-18-14-7-3-2-6-13(14)17-15(18)11(10-16)9-12-5-4-8-19-12/h2-9H,1H3. The van der Waals surface area contributed by atoms with E-state index < -0.39 is 0 Å². The van der Waals surface area contributed by atoms with Crippen molar-refractivity contribution < 1.29 is 0 Å². The molecule has 0 aliphatic carbocycles. The van der Waals surface area contributed by atoms with Crippen LogP contribution < -0.4 is 0 Å². The Bertz CT molecular complexity index is 789. The number of rotatable bonds is 2. The third-order valence-corrected chi connectivity index (χ3v) is 3.80. The first kappa shape index (κ1) is 11.7. The van der Waals surface area contributed by atoms with Crippen LogP contribution in [-0.4, -0.2) is 9.55 Å². The number of fused-ring (bicyclic) bond motifs is 1. The summed E-state index contributed by atoms with van der Waals surface area (Å²) in [6.07, 6.45) is 1.88. The van der Waals surface area contributed by atoms with Crippen LogP contribution in [0.1, 0.15) is 10.7 Å². The summed E-state index contributed by atoms with van der Waals surface area (Å²) in [4.78, 5) is 5.60. The number of aromatic nitrogens is 2. The molecule has 0 amide bonds. The molecule has 0 spiro atoms. The molecule has 0 aliphatic heterocycles. The molecule has 0 saturated heterocycles. The molecule has 2 heterocycles. The smallest absolute Gasteiger partial charge is 0.151 e. The number of aryl methyl sites for hydroxylation is 1. The Hall–Kier alpha value is -2.38. The fraction of sp³-hybridized carbons (Fsp3) is 0.0667. The van der Waals surface area contributed by atoms with Gasteiger partial charge in [0.25, 0.3) is 0 Å². The minimum Gasteiger partial charge on any atom is -0.327 e. The van der Waals surface area contributed by atoms with Gasteiger partial charge in [-0.2, -0.15) is 5.26 Å². The topological polar surface area (TPSA) is 41.6 Å². The maximum atomic E-state index is 9.36. The van der Waals surface area contributed by atoms with Gasteiger partial charge in [0.2, 0.25) is 0 Å². The Morgan fingerprint density at radius 3 is 2.84 bits per heavy atom. The summed E-state index contributed by atoms with van der Waals surface area (Å²) < 4.78 is 1.96.